The van der Waals surface area contributed by atoms with E-state index in [-0.39, 0.29) is 0 Å². The van der Waals surface area contributed by atoms with Crippen molar-refractivity contribution in [1.29, 1.82) is 0 Å². The van der Waals surface area contributed by atoms with Crippen LogP contribution in [0.4, 0.5) is 0 Å². The molecular weight excluding hydrogens is 274 g/mol. The van der Waals surface area contributed by atoms with Gasteiger partial charge in [0.2, 0.25) is 0 Å². The SMILES string of the molecule is CCCNC(Cc1c(C)cc(C)cc1C)c1sccc1C. The summed E-state index contributed by atoms with van der Waals surface area (Å²) < 4.78 is 0. The molecule has 2 heteroatoms. The molecule has 2 rings (SSSR count). The fraction of sp³-hybridized carbons (Fsp3) is 0.474. The third-order valence-corrected chi connectivity index (χ3v) is 5.24. The van der Waals surface area contributed by atoms with Crippen LogP contribution in [-0.4, -0.2) is 6.54 Å². The standard InChI is InChI=1S/C19H27NS/c1-6-8-20-18(19-14(3)7-9-21-19)12-17-15(4)10-13(2)11-16(17)5/h7,9-11,18,20H,6,8,12H2,1-5H3. The minimum Gasteiger partial charge on any atom is -0.309 e. The van der Waals surface area contributed by atoms with E-state index in [1.807, 2.05) is 11.3 Å². The molecule has 0 saturated heterocycles. The normalized spacial score (nSPS) is 12.6. The van der Waals surface area contributed by atoms with E-state index in [4.69, 9.17) is 0 Å². The molecule has 1 aromatic carbocycles. The minimum atomic E-state index is 0.435. The first-order valence-electron chi connectivity index (χ1n) is 7.87. The van der Waals surface area contributed by atoms with Gasteiger partial charge in [0.25, 0.3) is 0 Å². The molecule has 114 valence electrons. The van der Waals surface area contributed by atoms with Crippen molar-refractivity contribution in [3.8, 4) is 0 Å². The Labute approximate surface area is 133 Å². The van der Waals surface area contributed by atoms with Crippen molar-refractivity contribution in [2.24, 2.45) is 0 Å². The molecular formula is C19H27NS. The summed E-state index contributed by atoms with van der Waals surface area (Å²) in [6.45, 7) is 12.2. The predicted molar refractivity (Wildman–Crippen MR) is 94.4 cm³/mol. The third kappa shape index (κ3) is 3.96. The molecule has 0 aliphatic carbocycles. The Morgan fingerprint density at radius 3 is 2.24 bits per heavy atom. The van der Waals surface area contributed by atoms with Crippen LogP contribution in [0.5, 0.6) is 0 Å². The lowest BCUT2D eigenvalue weighted by atomic mass is 9.93. The Hall–Kier alpha value is -1.12. The van der Waals surface area contributed by atoms with Gasteiger partial charge in [-0.1, -0.05) is 24.6 Å². The molecule has 1 unspecified atom stereocenters. The summed E-state index contributed by atoms with van der Waals surface area (Å²) in [5, 5.41) is 5.95. The fourth-order valence-electron chi connectivity index (χ4n) is 3.05. The second-order valence-corrected chi connectivity index (χ2v) is 7.00. The van der Waals surface area contributed by atoms with Gasteiger partial charge in [0.15, 0.2) is 0 Å². The molecule has 1 atom stereocenters. The van der Waals surface area contributed by atoms with E-state index in [1.165, 1.54) is 39.1 Å². The summed E-state index contributed by atoms with van der Waals surface area (Å²) in [5.41, 5.74) is 7.12. The van der Waals surface area contributed by atoms with Crippen LogP contribution in [0.25, 0.3) is 0 Å². The molecule has 1 nitrogen and oxygen atoms in total. The van der Waals surface area contributed by atoms with E-state index in [0.717, 1.165) is 13.0 Å². The maximum Gasteiger partial charge on any atom is 0.0458 e. The van der Waals surface area contributed by atoms with E-state index in [1.54, 1.807) is 0 Å². The average Bonchev–Trinajstić information content (AvgIpc) is 2.83. The predicted octanol–water partition coefficient (Wildman–Crippen LogP) is 5.27. The van der Waals surface area contributed by atoms with Crippen molar-refractivity contribution < 1.29 is 0 Å². The van der Waals surface area contributed by atoms with Gasteiger partial charge >= 0.3 is 0 Å². The quantitative estimate of drug-likeness (QED) is 0.767. The second kappa shape index (κ2) is 7.24. The summed E-state index contributed by atoms with van der Waals surface area (Å²) in [6.07, 6.45) is 2.26. The summed E-state index contributed by atoms with van der Waals surface area (Å²) >= 11 is 1.88. The molecule has 0 amide bonds. The lowest BCUT2D eigenvalue weighted by Gasteiger charge is -2.21. The Morgan fingerprint density at radius 2 is 1.71 bits per heavy atom. The number of thiophene rings is 1. The van der Waals surface area contributed by atoms with Crippen molar-refractivity contribution in [1.82, 2.24) is 5.32 Å². The molecule has 0 saturated carbocycles. The smallest absolute Gasteiger partial charge is 0.0458 e. The number of aryl methyl sites for hydroxylation is 4. The summed E-state index contributed by atoms with van der Waals surface area (Å²) in [7, 11) is 0. The van der Waals surface area contributed by atoms with E-state index in [9.17, 15) is 0 Å². The highest BCUT2D eigenvalue weighted by Crippen LogP contribution is 2.29. The third-order valence-electron chi connectivity index (χ3n) is 4.11. The Kier molecular flexibility index (Phi) is 5.60. The van der Waals surface area contributed by atoms with E-state index < -0.39 is 0 Å². The average molecular weight is 301 g/mol. The molecule has 1 N–H and O–H groups in total. The van der Waals surface area contributed by atoms with Crippen LogP contribution < -0.4 is 5.32 Å². The zero-order valence-electron chi connectivity index (χ0n) is 13.9. The van der Waals surface area contributed by atoms with E-state index in [0.29, 0.717) is 6.04 Å². The van der Waals surface area contributed by atoms with Crippen molar-refractivity contribution in [2.45, 2.75) is 53.5 Å². The maximum absolute atomic E-state index is 3.74. The Balaban J connectivity index is 2.29. The van der Waals surface area contributed by atoms with Gasteiger partial charge in [0.1, 0.15) is 0 Å². The zero-order chi connectivity index (χ0) is 15.4. The van der Waals surface area contributed by atoms with Crippen molar-refractivity contribution in [2.75, 3.05) is 6.54 Å². The van der Waals surface area contributed by atoms with Crippen LogP contribution in [-0.2, 0) is 6.42 Å². The number of hydrogen-bond donors (Lipinski definition) is 1. The maximum atomic E-state index is 3.74. The summed E-state index contributed by atoms with van der Waals surface area (Å²) in [6, 6.07) is 7.28. The van der Waals surface area contributed by atoms with Gasteiger partial charge in [-0.05, 0) is 80.8 Å². The first-order valence-corrected chi connectivity index (χ1v) is 8.75. The molecule has 0 radical (unpaired) electrons. The molecule has 0 spiro atoms. The minimum absolute atomic E-state index is 0.435. The molecule has 1 aromatic heterocycles. The van der Waals surface area contributed by atoms with Gasteiger partial charge in [0.05, 0.1) is 0 Å². The lowest BCUT2D eigenvalue weighted by Crippen LogP contribution is -2.24. The van der Waals surface area contributed by atoms with Gasteiger partial charge in [-0.15, -0.1) is 11.3 Å². The number of nitrogens with one attached hydrogen (secondary N) is 1. The van der Waals surface area contributed by atoms with Gasteiger partial charge in [-0.2, -0.15) is 0 Å². The van der Waals surface area contributed by atoms with Crippen molar-refractivity contribution in [3.63, 3.8) is 0 Å². The largest absolute Gasteiger partial charge is 0.309 e. The topological polar surface area (TPSA) is 12.0 Å². The van der Waals surface area contributed by atoms with Crippen LogP contribution >= 0.6 is 11.3 Å². The van der Waals surface area contributed by atoms with Gasteiger partial charge in [-0.25, -0.2) is 0 Å². The van der Waals surface area contributed by atoms with Crippen molar-refractivity contribution in [3.05, 3.63) is 56.3 Å². The lowest BCUT2D eigenvalue weighted by molar-refractivity contribution is 0.533. The van der Waals surface area contributed by atoms with Gasteiger partial charge in [0, 0.05) is 10.9 Å². The monoisotopic (exact) mass is 301 g/mol. The van der Waals surface area contributed by atoms with Crippen LogP contribution in [0.3, 0.4) is 0 Å². The number of rotatable bonds is 6. The molecule has 21 heavy (non-hydrogen) atoms. The number of benzene rings is 1. The Bertz CT molecular complexity index is 574. The summed E-state index contributed by atoms with van der Waals surface area (Å²) in [5.74, 6) is 0. The van der Waals surface area contributed by atoms with Crippen LogP contribution in [0.15, 0.2) is 23.6 Å². The first-order chi connectivity index (χ1) is 10.0. The second-order valence-electron chi connectivity index (χ2n) is 6.06. The van der Waals surface area contributed by atoms with Gasteiger partial charge in [-0.3, -0.25) is 0 Å². The molecule has 2 aromatic rings. The van der Waals surface area contributed by atoms with E-state index >= 15 is 0 Å². The fourth-order valence-corrected chi connectivity index (χ4v) is 4.06. The van der Waals surface area contributed by atoms with Crippen LogP contribution in [0.1, 0.15) is 52.1 Å². The van der Waals surface area contributed by atoms with E-state index in [2.05, 4.69) is 63.5 Å². The van der Waals surface area contributed by atoms with Crippen LogP contribution in [0, 0.1) is 27.7 Å². The highest BCUT2D eigenvalue weighted by Gasteiger charge is 2.17. The summed E-state index contributed by atoms with van der Waals surface area (Å²) in [4.78, 5) is 1.49. The molecule has 0 aliphatic heterocycles. The Morgan fingerprint density at radius 1 is 1.05 bits per heavy atom. The molecule has 1 heterocycles. The first kappa shape index (κ1) is 16.3. The highest BCUT2D eigenvalue weighted by atomic mass is 32.1. The number of hydrogen-bond acceptors (Lipinski definition) is 2. The molecule has 0 aliphatic rings. The molecule has 0 fully saturated rings. The van der Waals surface area contributed by atoms with Gasteiger partial charge < -0.3 is 5.32 Å². The van der Waals surface area contributed by atoms with Crippen molar-refractivity contribution >= 4 is 11.3 Å². The highest BCUT2D eigenvalue weighted by molar-refractivity contribution is 7.10. The zero-order valence-corrected chi connectivity index (χ0v) is 14.7. The molecule has 0 bridgehead atoms. The van der Waals surface area contributed by atoms with Crippen LogP contribution in [0.2, 0.25) is 0 Å².